The molecule has 1 aromatic rings. The third-order valence-electron chi connectivity index (χ3n) is 2.41. The largest absolute Gasteiger partial charge is 0.380 e. The fraction of sp³-hybridized carbons (Fsp3) is 0.700. The highest BCUT2D eigenvalue weighted by molar-refractivity contribution is 5.90. The summed E-state index contributed by atoms with van der Waals surface area (Å²) in [7, 11) is 0. The highest BCUT2D eigenvalue weighted by Gasteiger charge is 2.28. The lowest BCUT2D eigenvalue weighted by Gasteiger charge is -2.01. The summed E-state index contributed by atoms with van der Waals surface area (Å²) in [5.74, 6) is 1.29. The quantitative estimate of drug-likeness (QED) is 0.687. The van der Waals surface area contributed by atoms with Gasteiger partial charge in [0.15, 0.2) is 0 Å². The van der Waals surface area contributed by atoms with Crippen LogP contribution in [0.3, 0.4) is 0 Å². The summed E-state index contributed by atoms with van der Waals surface area (Å²) < 4.78 is 5.11. The van der Waals surface area contributed by atoms with Gasteiger partial charge in [0.25, 0.3) is 5.91 Å². The van der Waals surface area contributed by atoms with Crippen LogP contribution in [0, 0.1) is 0 Å². The van der Waals surface area contributed by atoms with Crippen molar-refractivity contribution in [2.24, 2.45) is 0 Å². The van der Waals surface area contributed by atoms with Gasteiger partial charge in [0.2, 0.25) is 5.82 Å². The van der Waals surface area contributed by atoms with Crippen LogP contribution in [0.2, 0.25) is 0 Å². The number of nitrogens with zero attached hydrogens (tertiary/aromatic N) is 2. The van der Waals surface area contributed by atoms with Crippen LogP contribution >= 0.6 is 0 Å². The van der Waals surface area contributed by atoms with Crippen LogP contribution in [-0.2, 0) is 4.74 Å². The van der Waals surface area contributed by atoms with E-state index in [-0.39, 0.29) is 11.7 Å². The summed E-state index contributed by atoms with van der Waals surface area (Å²) in [6, 6.07) is 0. The molecule has 1 aromatic heterocycles. The molecule has 1 saturated carbocycles. The number of hydrogen-bond acceptors (Lipinski definition) is 4. The fourth-order valence-electron chi connectivity index (χ4n) is 1.38. The van der Waals surface area contributed by atoms with Crippen molar-refractivity contribution in [2.45, 2.75) is 25.7 Å². The van der Waals surface area contributed by atoms with E-state index >= 15 is 0 Å². The van der Waals surface area contributed by atoms with Crippen molar-refractivity contribution in [3.63, 3.8) is 0 Å². The van der Waals surface area contributed by atoms with Crippen molar-refractivity contribution in [1.29, 1.82) is 0 Å². The molecular formula is C10H16N4O2. The highest BCUT2D eigenvalue weighted by atomic mass is 16.5. The average molecular weight is 224 g/mol. The van der Waals surface area contributed by atoms with Crippen LogP contribution in [0.1, 0.15) is 42.1 Å². The van der Waals surface area contributed by atoms with E-state index in [1.807, 2.05) is 6.92 Å². The lowest BCUT2D eigenvalue weighted by molar-refractivity contribution is 0.0913. The van der Waals surface area contributed by atoms with Crippen molar-refractivity contribution >= 4 is 5.91 Å². The number of aromatic nitrogens is 3. The third kappa shape index (κ3) is 2.79. The topological polar surface area (TPSA) is 79.9 Å². The van der Waals surface area contributed by atoms with E-state index in [1.54, 1.807) is 0 Å². The molecule has 0 bridgehead atoms. The number of amides is 1. The van der Waals surface area contributed by atoms with Crippen LogP contribution in [0.5, 0.6) is 0 Å². The Hall–Kier alpha value is -1.43. The maximum atomic E-state index is 11.6. The molecule has 6 nitrogen and oxygen atoms in total. The van der Waals surface area contributed by atoms with Crippen LogP contribution in [0.15, 0.2) is 0 Å². The van der Waals surface area contributed by atoms with Gasteiger partial charge < -0.3 is 10.1 Å². The molecule has 88 valence electrons. The van der Waals surface area contributed by atoms with E-state index in [0.717, 1.165) is 18.7 Å². The van der Waals surface area contributed by atoms with E-state index in [4.69, 9.17) is 4.74 Å². The number of aromatic amines is 1. The number of ether oxygens (including phenoxy) is 1. The lowest BCUT2D eigenvalue weighted by Crippen LogP contribution is -2.28. The molecule has 0 spiro atoms. The summed E-state index contributed by atoms with van der Waals surface area (Å²) in [5, 5.41) is 9.38. The number of nitrogens with one attached hydrogen (secondary N) is 2. The van der Waals surface area contributed by atoms with Gasteiger partial charge >= 0.3 is 0 Å². The maximum Gasteiger partial charge on any atom is 0.291 e. The lowest BCUT2D eigenvalue weighted by atomic mass is 10.4. The second kappa shape index (κ2) is 5.07. The Labute approximate surface area is 93.8 Å². The normalized spacial score (nSPS) is 15.1. The first kappa shape index (κ1) is 11.1. The van der Waals surface area contributed by atoms with Crippen LogP contribution < -0.4 is 5.32 Å². The van der Waals surface area contributed by atoms with Gasteiger partial charge in [-0.2, -0.15) is 0 Å². The average Bonchev–Trinajstić information content (AvgIpc) is 3.02. The summed E-state index contributed by atoms with van der Waals surface area (Å²) in [6.07, 6.45) is 2.28. The zero-order chi connectivity index (χ0) is 11.4. The third-order valence-corrected chi connectivity index (χ3v) is 2.41. The Morgan fingerprint density at radius 1 is 1.62 bits per heavy atom. The predicted molar refractivity (Wildman–Crippen MR) is 57.2 cm³/mol. The van der Waals surface area contributed by atoms with Crippen molar-refractivity contribution in [1.82, 2.24) is 20.5 Å². The van der Waals surface area contributed by atoms with Crippen LogP contribution in [0.4, 0.5) is 0 Å². The summed E-state index contributed by atoms with van der Waals surface area (Å²) in [6.45, 7) is 3.57. The number of H-pyrrole nitrogens is 1. The predicted octanol–water partition coefficient (Wildman–Crippen LogP) is 0.448. The maximum absolute atomic E-state index is 11.6. The molecule has 0 aromatic carbocycles. The molecule has 0 radical (unpaired) electrons. The number of rotatable bonds is 6. The molecule has 1 fully saturated rings. The second-order valence-electron chi connectivity index (χ2n) is 3.77. The molecule has 0 atom stereocenters. The van der Waals surface area contributed by atoms with Crippen LogP contribution in [-0.4, -0.2) is 40.8 Å². The first-order valence-electron chi connectivity index (χ1n) is 5.59. The first-order chi connectivity index (χ1) is 7.81. The second-order valence-corrected chi connectivity index (χ2v) is 3.77. The van der Waals surface area contributed by atoms with Gasteiger partial charge in [-0.25, -0.2) is 4.98 Å². The Morgan fingerprint density at radius 3 is 3.12 bits per heavy atom. The molecule has 1 aliphatic carbocycles. The van der Waals surface area contributed by atoms with Gasteiger partial charge in [0, 0.05) is 19.1 Å². The van der Waals surface area contributed by atoms with E-state index in [1.165, 1.54) is 0 Å². The minimum Gasteiger partial charge on any atom is -0.380 e. The minimum absolute atomic E-state index is 0.221. The summed E-state index contributed by atoms with van der Waals surface area (Å²) >= 11 is 0. The molecule has 0 saturated heterocycles. The molecular weight excluding hydrogens is 208 g/mol. The number of carbonyl (C=O) groups excluding carboxylic acids is 1. The van der Waals surface area contributed by atoms with Gasteiger partial charge in [-0.05, 0) is 19.8 Å². The smallest absolute Gasteiger partial charge is 0.291 e. The van der Waals surface area contributed by atoms with Gasteiger partial charge in [-0.1, -0.05) is 0 Å². The summed E-state index contributed by atoms with van der Waals surface area (Å²) in [4.78, 5) is 15.7. The fourth-order valence-corrected chi connectivity index (χ4v) is 1.38. The molecule has 1 amide bonds. The molecule has 16 heavy (non-hydrogen) atoms. The molecule has 1 heterocycles. The van der Waals surface area contributed by atoms with E-state index in [2.05, 4.69) is 20.5 Å². The minimum atomic E-state index is -0.247. The van der Waals surface area contributed by atoms with Gasteiger partial charge in [0.05, 0.1) is 6.61 Å². The van der Waals surface area contributed by atoms with Crippen molar-refractivity contribution in [2.75, 3.05) is 19.8 Å². The first-order valence-corrected chi connectivity index (χ1v) is 5.59. The van der Waals surface area contributed by atoms with E-state index in [9.17, 15) is 4.79 Å². The molecule has 0 aliphatic heterocycles. The van der Waals surface area contributed by atoms with Crippen molar-refractivity contribution in [3.8, 4) is 0 Å². The number of carbonyl (C=O) groups is 1. The van der Waals surface area contributed by atoms with E-state index in [0.29, 0.717) is 25.7 Å². The van der Waals surface area contributed by atoms with Crippen LogP contribution in [0.25, 0.3) is 0 Å². The number of hydrogen-bond donors (Lipinski definition) is 2. The Bertz CT molecular complexity index is 359. The highest BCUT2D eigenvalue weighted by Crippen LogP contribution is 2.37. The Morgan fingerprint density at radius 2 is 2.44 bits per heavy atom. The van der Waals surface area contributed by atoms with E-state index < -0.39 is 0 Å². The zero-order valence-electron chi connectivity index (χ0n) is 9.32. The zero-order valence-corrected chi connectivity index (χ0v) is 9.32. The molecule has 6 heteroatoms. The molecule has 2 rings (SSSR count). The molecule has 0 unspecified atom stereocenters. The van der Waals surface area contributed by atoms with Gasteiger partial charge in [0.1, 0.15) is 5.82 Å². The van der Waals surface area contributed by atoms with Crippen molar-refractivity contribution < 1.29 is 9.53 Å². The molecule has 2 N–H and O–H groups in total. The van der Waals surface area contributed by atoms with Gasteiger partial charge in [-0.15, -0.1) is 5.10 Å². The monoisotopic (exact) mass is 224 g/mol. The Kier molecular flexibility index (Phi) is 3.51. The standard InChI is InChI=1S/C10H16N4O2/c1-2-16-6-5-11-10(15)9-12-8(13-14-9)7-3-4-7/h7H,2-6H2,1H3,(H,11,15)(H,12,13,14). The van der Waals surface area contributed by atoms with Gasteiger partial charge in [-0.3, -0.25) is 9.89 Å². The Balaban J connectivity index is 1.78. The SMILES string of the molecule is CCOCCNC(=O)c1n[nH]c(C2CC2)n1. The van der Waals surface area contributed by atoms with Crippen molar-refractivity contribution in [3.05, 3.63) is 11.6 Å². The summed E-state index contributed by atoms with van der Waals surface area (Å²) in [5.41, 5.74) is 0. The molecule has 1 aliphatic rings.